The summed E-state index contributed by atoms with van der Waals surface area (Å²) in [5, 5.41) is 6.97. The number of carbonyl (C=O) groups is 3. The van der Waals surface area contributed by atoms with E-state index in [2.05, 4.69) is 10.6 Å². The van der Waals surface area contributed by atoms with Crippen molar-refractivity contribution in [2.75, 3.05) is 5.32 Å². The molecule has 4 rings (SSSR count). The Kier molecular flexibility index (Phi) is 7.87. The third-order valence-electron chi connectivity index (χ3n) is 5.99. The molecule has 2 N–H and O–H groups in total. The zero-order valence-electron chi connectivity index (χ0n) is 18.9. The highest BCUT2D eigenvalue weighted by molar-refractivity contribution is 7.10. The number of para-hydroxylation sites is 1. The van der Waals surface area contributed by atoms with Crippen molar-refractivity contribution in [3.63, 3.8) is 0 Å². The van der Waals surface area contributed by atoms with E-state index < -0.39 is 29.6 Å². The first kappa shape index (κ1) is 24.5. The lowest BCUT2D eigenvalue weighted by molar-refractivity contribution is -0.150. The largest absolute Gasteiger partial charge is 0.350 e. The fraction of sp³-hybridized carbons (Fsp3) is 0.269. The third kappa shape index (κ3) is 5.92. The van der Waals surface area contributed by atoms with Gasteiger partial charge in [0.05, 0.1) is 5.69 Å². The van der Waals surface area contributed by atoms with Crippen molar-refractivity contribution in [2.24, 2.45) is 0 Å². The van der Waals surface area contributed by atoms with Gasteiger partial charge in [0.2, 0.25) is 5.91 Å². The third-order valence-corrected chi connectivity index (χ3v) is 6.91. The number of rotatable bonds is 7. The zero-order valence-corrected chi connectivity index (χ0v) is 19.7. The highest BCUT2D eigenvalue weighted by Crippen LogP contribution is 2.34. The first-order valence-electron chi connectivity index (χ1n) is 11.4. The van der Waals surface area contributed by atoms with Gasteiger partial charge in [-0.25, -0.2) is 8.78 Å². The molecule has 0 bridgehead atoms. The molecule has 0 unspecified atom stereocenters. The van der Waals surface area contributed by atoms with Gasteiger partial charge in [-0.05, 0) is 54.1 Å². The Morgan fingerprint density at radius 2 is 1.69 bits per heavy atom. The summed E-state index contributed by atoms with van der Waals surface area (Å²) in [5.41, 5.74) is 0.589. The highest BCUT2D eigenvalue weighted by atomic mass is 32.1. The molecule has 3 amide bonds. The molecule has 6 nitrogen and oxygen atoms in total. The van der Waals surface area contributed by atoms with E-state index in [0.29, 0.717) is 23.3 Å². The number of thiophene rings is 1. The molecule has 0 saturated heterocycles. The highest BCUT2D eigenvalue weighted by Gasteiger charge is 2.40. The summed E-state index contributed by atoms with van der Waals surface area (Å²) in [6.07, 6.45) is 3.06. The molecule has 1 atom stereocenters. The van der Waals surface area contributed by atoms with Crippen LogP contribution in [0.5, 0.6) is 0 Å². The first-order valence-corrected chi connectivity index (χ1v) is 12.3. The quantitative estimate of drug-likeness (QED) is 0.461. The van der Waals surface area contributed by atoms with Crippen LogP contribution in [0.3, 0.4) is 0 Å². The van der Waals surface area contributed by atoms with Crippen molar-refractivity contribution in [3.8, 4) is 0 Å². The van der Waals surface area contributed by atoms with Crippen LogP contribution in [0.15, 0.2) is 66.0 Å². The van der Waals surface area contributed by atoms with Crippen molar-refractivity contribution in [2.45, 2.75) is 44.3 Å². The maximum Gasteiger partial charge on any atom is 0.314 e. The summed E-state index contributed by atoms with van der Waals surface area (Å²) < 4.78 is 27.3. The van der Waals surface area contributed by atoms with E-state index in [0.717, 1.165) is 12.8 Å². The van der Waals surface area contributed by atoms with Crippen molar-refractivity contribution in [1.29, 1.82) is 0 Å². The van der Waals surface area contributed by atoms with Crippen LogP contribution in [0.25, 0.3) is 0 Å². The molecular formula is C26H25F2N3O3S. The van der Waals surface area contributed by atoms with E-state index in [1.165, 1.54) is 46.6 Å². The lowest BCUT2D eigenvalue weighted by atomic mass is 10.1. The van der Waals surface area contributed by atoms with Gasteiger partial charge in [0, 0.05) is 17.5 Å². The molecule has 1 aliphatic carbocycles. The molecule has 1 aromatic heterocycles. The van der Waals surface area contributed by atoms with Crippen LogP contribution < -0.4 is 10.6 Å². The molecule has 35 heavy (non-hydrogen) atoms. The number of halogens is 2. The van der Waals surface area contributed by atoms with Crippen LogP contribution in [0.2, 0.25) is 0 Å². The molecule has 0 aliphatic heterocycles. The molecule has 0 radical (unpaired) electrons. The van der Waals surface area contributed by atoms with Crippen LogP contribution in [-0.4, -0.2) is 28.7 Å². The standard InChI is InChI=1S/C26H25F2N3O3S/c27-18-13-11-17(12-14-18)16-29-24(32)23(22-10-5-15-35-22)31(19-6-1-2-7-19)26(34)25(33)30-21-9-4-3-8-20(21)28/h3-5,8-15,19,23H,1-2,6-7,16H2,(H,29,32)(H,30,33)/t23-/m1/s1. The predicted molar refractivity (Wildman–Crippen MR) is 129 cm³/mol. The van der Waals surface area contributed by atoms with Gasteiger partial charge in [-0.15, -0.1) is 11.3 Å². The maximum atomic E-state index is 14.1. The summed E-state index contributed by atoms with van der Waals surface area (Å²) in [7, 11) is 0. The molecule has 1 saturated carbocycles. The average Bonchev–Trinajstić information content (AvgIpc) is 3.57. The summed E-state index contributed by atoms with van der Waals surface area (Å²) in [6, 6.07) is 13.5. The molecule has 3 aromatic rings. The fourth-order valence-electron chi connectivity index (χ4n) is 4.26. The molecule has 0 spiro atoms. The zero-order chi connectivity index (χ0) is 24.8. The predicted octanol–water partition coefficient (Wildman–Crippen LogP) is 4.79. The second-order valence-electron chi connectivity index (χ2n) is 8.35. The molecule has 1 fully saturated rings. The minimum atomic E-state index is -1.03. The van der Waals surface area contributed by atoms with Crippen LogP contribution in [0, 0.1) is 11.6 Å². The van der Waals surface area contributed by atoms with Crippen molar-refractivity contribution in [3.05, 3.63) is 88.1 Å². The minimum Gasteiger partial charge on any atom is -0.350 e. The Hall–Kier alpha value is -3.59. The summed E-state index contributed by atoms with van der Waals surface area (Å²) in [5.74, 6) is -3.38. The number of nitrogens with zero attached hydrogens (tertiary/aromatic N) is 1. The Bertz CT molecular complexity index is 1180. The Morgan fingerprint density at radius 3 is 2.34 bits per heavy atom. The topological polar surface area (TPSA) is 78.5 Å². The van der Waals surface area contributed by atoms with Gasteiger partial charge in [-0.1, -0.05) is 43.2 Å². The van der Waals surface area contributed by atoms with E-state index in [1.807, 2.05) is 0 Å². The number of hydrogen-bond donors (Lipinski definition) is 2. The minimum absolute atomic E-state index is 0.106. The molecule has 1 aliphatic rings. The van der Waals surface area contributed by atoms with Gasteiger partial charge >= 0.3 is 11.8 Å². The second-order valence-corrected chi connectivity index (χ2v) is 9.33. The number of anilines is 1. The Balaban J connectivity index is 1.60. The molecule has 182 valence electrons. The Labute approximate surface area is 206 Å². The summed E-state index contributed by atoms with van der Waals surface area (Å²) in [6.45, 7) is 0.134. The van der Waals surface area contributed by atoms with Gasteiger partial charge in [-0.2, -0.15) is 0 Å². The second kappa shape index (κ2) is 11.2. The lowest BCUT2D eigenvalue weighted by Crippen LogP contribution is -2.51. The van der Waals surface area contributed by atoms with E-state index in [1.54, 1.807) is 35.7 Å². The van der Waals surface area contributed by atoms with Crippen LogP contribution in [-0.2, 0) is 20.9 Å². The van der Waals surface area contributed by atoms with Crippen molar-refractivity contribution >= 4 is 34.7 Å². The van der Waals surface area contributed by atoms with Crippen molar-refractivity contribution in [1.82, 2.24) is 10.2 Å². The number of nitrogens with one attached hydrogen (secondary N) is 2. The molecule has 1 heterocycles. The smallest absolute Gasteiger partial charge is 0.314 e. The van der Waals surface area contributed by atoms with Crippen LogP contribution >= 0.6 is 11.3 Å². The summed E-state index contributed by atoms with van der Waals surface area (Å²) in [4.78, 5) is 41.8. The maximum absolute atomic E-state index is 14.1. The molecular weight excluding hydrogens is 472 g/mol. The average molecular weight is 498 g/mol. The SMILES string of the molecule is O=C(Nc1ccccc1F)C(=O)N(C1CCCC1)[C@@H](C(=O)NCc1ccc(F)cc1)c1cccs1. The first-order chi connectivity index (χ1) is 16.9. The number of hydrogen-bond acceptors (Lipinski definition) is 4. The van der Waals surface area contributed by atoms with Crippen molar-refractivity contribution < 1.29 is 23.2 Å². The number of amides is 3. The lowest BCUT2D eigenvalue weighted by Gasteiger charge is -2.34. The van der Waals surface area contributed by atoms with Gasteiger partial charge in [0.1, 0.15) is 17.7 Å². The molecule has 2 aromatic carbocycles. The van der Waals surface area contributed by atoms with Gasteiger partial charge in [-0.3, -0.25) is 14.4 Å². The number of carbonyl (C=O) groups excluding carboxylic acids is 3. The normalized spacial score (nSPS) is 14.3. The van der Waals surface area contributed by atoms with E-state index in [9.17, 15) is 23.2 Å². The van der Waals surface area contributed by atoms with E-state index in [4.69, 9.17) is 0 Å². The molecule has 9 heteroatoms. The summed E-state index contributed by atoms with van der Waals surface area (Å²) >= 11 is 1.31. The van der Waals surface area contributed by atoms with Gasteiger partial charge in [0.25, 0.3) is 0 Å². The van der Waals surface area contributed by atoms with Gasteiger partial charge in [0.15, 0.2) is 0 Å². The fourth-order valence-corrected chi connectivity index (χ4v) is 5.08. The monoisotopic (exact) mass is 497 g/mol. The van der Waals surface area contributed by atoms with Crippen LogP contribution in [0.1, 0.15) is 42.2 Å². The van der Waals surface area contributed by atoms with Gasteiger partial charge < -0.3 is 15.5 Å². The Morgan fingerprint density at radius 1 is 0.971 bits per heavy atom. The van der Waals surface area contributed by atoms with E-state index >= 15 is 0 Å². The number of benzene rings is 2. The van der Waals surface area contributed by atoms with Crippen LogP contribution in [0.4, 0.5) is 14.5 Å². The van der Waals surface area contributed by atoms with E-state index in [-0.39, 0.29) is 24.1 Å².